The largest absolute Gasteiger partial charge is 0.469 e. The third-order valence-corrected chi connectivity index (χ3v) is 3.10. The number of nitrogens with zero attached hydrogens (tertiary/aromatic N) is 1. The summed E-state index contributed by atoms with van der Waals surface area (Å²) in [6, 6.07) is 5.09. The molecule has 0 saturated carbocycles. The summed E-state index contributed by atoms with van der Waals surface area (Å²) in [6.07, 6.45) is 0. The molecule has 2 N–H and O–H groups in total. The van der Waals surface area contributed by atoms with Gasteiger partial charge in [0.2, 0.25) is 0 Å². The molecule has 0 aliphatic carbocycles. The molecule has 0 aromatic heterocycles. The molecule has 124 valence electrons. The fraction of sp³-hybridized carbons (Fsp3) is 0.467. The zero-order chi connectivity index (χ0) is 15.8. The summed E-state index contributed by atoms with van der Waals surface area (Å²) in [6.45, 7) is 4.35. The molecule has 0 amide bonds. The number of hydrogen-bond donors (Lipinski definition) is 2. The van der Waals surface area contributed by atoms with Crippen molar-refractivity contribution in [3.63, 3.8) is 0 Å². The van der Waals surface area contributed by atoms with Crippen LogP contribution in [0.25, 0.3) is 0 Å². The van der Waals surface area contributed by atoms with Gasteiger partial charge in [0.15, 0.2) is 5.96 Å². The monoisotopic (exact) mass is 423 g/mol. The van der Waals surface area contributed by atoms with Crippen LogP contribution in [0.4, 0.5) is 4.39 Å². The van der Waals surface area contributed by atoms with Crippen LogP contribution in [-0.2, 0) is 16.1 Å². The van der Waals surface area contributed by atoms with Crippen LogP contribution in [0.15, 0.2) is 23.2 Å². The van der Waals surface area contributed by atoms with Crippen molar-refractivity contribution in [1.29, 1.82) is 0 Å². The van der Waals surface area contributed by atoms with E-state index in [9.17, 15) is 9.18 Å². The Morgan fingerprint density at radius 1 is 1.41 bits per heavy atom. The first-order chi connectivity index (χ1) is 9.97. The lowest BCUT2D eigenvalue weighted by molar-refractivity contribution is -0.144. The first kappa shape index (κ1) is 20.6. The standard InChI is InChI=1S/C15H22FN3O2.HI/c1-10-5-6-12(7-13(10)16)9-19-15(17-3)18-8-11(2)14(20)21-4;/h5-7,11H,8-9H2,1-4H3,(H2,17,18,19);1H. The lowest BCUT2D eigenvalue weighted by Gasteiger charge is -2.15. The summed E-state index contributed by atoms with van der Waals surface area (Å²) in [7, 11) is 2.99. The molecule has 22 heavy (non-hydrogen) atoms. The molecule has 0 heterocycles. The van der Waals surface area contributed by atoms with Crippen LogP contribution in [0.3, 0.4) is 0 Å². The molecular formula is C15H23FIN3O2. The first-order valence-corrected chi connectivity index (χ1v) is 6.75. The molecule has 1 rings (SSSR count). The van der Waals surface area contributed by atoms with E-state index in [1.807, 2.05) is 6.07 Å². The quantitative estimate of drug-likeness (QED) is 0.330. The molecule has 0 spiro atoms. The molecule has 0 radical (unpaired) electrons. The summed E-state index contributed by atoms with van der Waals surface area (Å²) in [5, 5.41) is 6.09. The van der Waals surface area contributed by atoms with Gasteiger partial charge >= 0.3 is 5.97 Å². The molecule has 0 bridgehead atoms. The Bertz CT molecular complexity index is 524. The van der Waals surface area contributed by atoms with E-state index in [0.717, 1.165) is 5.56 Å². The van der Waals surface area contributed by atoms with E-state index in [0.29, 0.717) is 24.6 Å². The van der Waals surface area contributed by atoms with E-state index in [1.54, 1.807) is 27.0 Å². The minimum atomic E-state index is -0.279. The number of carbonyl (C=O) groups excluding carboxylic acids is 1. The highest BCUT2D eigenvalue weighted by Crippen LogP contribution is 2.08. The number of carbonyl (C=O) groups is 1. The van der Waals surface area contributed by atoms with Gasteiger partial charge in [0, 0.05) is 20.1 Å². The first-order valence-electron chi connectivity index (χ1n) is 6.75. The van der Waals surface area contributed by atoms with E-state index >= 15 is 0 Å². The number of benzene rings is 1. The molecule has 5 nitrogen and oxygen atoms in total. The van der Waals surface area contributed by atoms with Gasteiger partial charge < -0.3 is 15.4 Å². The van der Waals surface area contributed by atoms with E-state index in [4.69, 9.17) is 0 Å². The molecule has 1 aromatic carbocycles. The maximum atomic E-state index is 13.4. The predicted molar refractivity (Wildman–Crippen MR) is 95.9 cm³/mol. The highest BCUT2D eigenvalue weighted by molar-refractivity contribution is 14.0. The van der Waals surface area contributed by atoms with Gasteiger partial charge in [0.25, 0.3) is 0 Å². The summed E-state index contributed by atoms with van der Waals surface area (Å²) in [4.78, 5) is 15.3. The van der Waals surface area contributed by atoms with Crippen LogP contribution in [0.2, 0.25) is 0 Å². The van der Waals surface area contributed by atoms with Crippen molar-refractivity contribution in [3.05, 3.63) is 35.1 Å². The summed E-state index contributed by atoms with van der Waals surface area (Å²) < 4.78 is 18.1. The van der Waals surface area contributed by atoms with Gasteiger partial charge in [-0.1, -0.05) is 19.1 Å². The van der Waals surface area contributed by atoms with Crippen molar-refractivity contribution in [3.8, 4) is 0 Å². The van der Waals surface area contributed by atoms with Crippen molar-refractivity contribution in [1.82, 2.24) is 10.6 Å². The summed E-state index contributed by atoms with van der Waals surface area (Å²) in [5.74, 6) is -0.229. The maximum Gasteiger partial charge on any atom is 0.310 e. The molecule has 1 atom stereocenters. The highest BCUT2D eigenvalue weighted by Gasteiger charge is 2.13. The second kappa shape index (κ2) is 10.4. The van der Waals surface area contributed by atoms with Gasteiger partial charge in [0.1, 0.15) is 5.82 Å². The van der Waals surface area contributed by atoms with Crippen LogP contribution >= 0.6 is 24.0 Å². The average Bonchev–Trinajstić information content (AvgIpc) is 2.49. The molecule has 0 aliphatic heterocycles. The van der Waals surface area contributed by atoms with Crippen LogP contribution < -0.4 is 10.6 Å². The minimum absolute atomic E-state index is 0. The van der Waals surface area contributed by atoms with E-state index < -0.39 is 0 Å². The Kier molecular flexibility index (Phi) is 9.71. The number of methoxy groups -OCH3 is 1. The van der Waals surface area contributed by atoms with Gasteiger partial charge in [-0.25, -0.2) is 4.39 Å². The molecule has 0 saturated heterocycles. The minimum Gasteiger partial charge on any atom is -0.469 e. The van der Waals surface area contributed by atoms with Gasteiger partial charge in [-0.15, -0.1) is 24.0 Å². The zero-order valence-electron chi connectivity index (χ0n) is 13.3. The highest BCUT2D eigenvalue weighted by atomic mass is 127. The number of nitrogens with one attached hydrogen (secondary N) is 2. The Morgan fingerprint density at radius 2 is 2.09 bits per heavy atom. The van der Waals surface area contributed by atoms with Crippen LogP contribution in [0.5, 0.6) is 0 Å². The topological polar surface area (TPSA) is 62.7 Å². The smallest absolute Gasteiger partial charge is 0.310 e. The second-order valence-electron chi connectivity index (χ2n) is 4.81. The van der Waals surface area contributed by atoms with Gasteiger partial charge in [-0.2, -0.15) is 0 Å². The van der Waals surface area contributed by atoms with Crippen LogP contribution in [0, 0.1) is 18.7 Å². The van der Waals surface area contributed by atoms with Crippen LogP contribution in [-0.4, -0.2) is 32.6 Å². The number of hydrogen-bond acceptors (Lipinski definition) is 3. The number of esters is 1. The molecule has 0 fully saturated rings. The molecule has 7 heteroatoms. The van der Waals surface area contributed by atoms with Crippen molar-refractivity contribution in [2.24, 2.45) is 10.9 Å². The Balaban J connectivity index is 0.00000441. The predicted octanol–water partition coefficient (Wildman–Crippen LogP) is 2.23. The summed E-state index contributed by atoms with van der Waals surface area (Å²) in [5.41, 5.74) is 1.44. The lowest BCUT2D eigenvalue weighted by atomic mass is 10.1. The van der Waals surface area contributed by atoms with E-state index in [1.165, 1.54) is 13.2 Å². The summed E-state index contributed by atoms with van der Waals surface area (Å²) >= 11 is 0. The Labute approximate surface area is 147 Å². The molecule has 0 aliphatic rings. The maximum absolute atomic E-state index is 13.4. The van der Waals surface area contributed by atoms with Gasteiger partial charge in [-0.3, -0.25) is 9.79 Å². The molecule has 1 aromatic rings. The molecular weight excluding hydrogens is 400 g/mol. The number of aryl methyl sites for hydroxylation is 1. The lowest BCUT2D eigenvalue weighted by Crippen LogP contribution is -2.40. The van der Waals surface area contributed by atoms with E-state index in [-0.39, 0.29) is 41.7 Å². The fourth-order valence-corrected chi connectivity index (χ4v) is 1.69. The number of halogens is 2. The SMILES string of the molecule is CN=C(NCc1ccc(C)c(F)c1)NCC(C)C(=O)OC.I. The average molecular weight is 423 g/mol. The van der Waals surface area contributed by atoms with Gasteiger partial charge in [0.05, 0.1) is 13.0 Å². The van der Waals surface area contributed by atoms with Crippen molar-refractivity contribution < 1.29 is 13.9 Å². The Hall–Kier alpha value is -1.38. The van der Waals surface area contributed by atoms with Gasteiger partial charge in [-0.05, 0) is 24.1 Å². The Morgan fingerprint density at radius 3 is 2.64 bits per heavy atom. The number of ether oxygens (including phenoxy) is 1. The van der Waals surface area contributed by atoms with Crippen molar-refractivity contribution >= 4 is 35.9 Å². The normalized spacial score (nSPS) is 12.1. The van der Waals surface area contributed by atoms with Crippen molar-refractivity contribution in [2.75, 3.05) is 20.7 Å². The second-order valence-corrected chi connectivity index (χ2v) is 4.81. The third kappa shape index (κ3) is 6.59. The number of rotatable bonds is 5. The number of guanidine groups is 1. The zero-order valence-corrected chi connectivity index (χ0v) is 15.6. The van der Waals surface area contributed by atoms with Crippen LogP contribution in [0.1, 0.15) is 18.1 Å². The fourth-order valence-electron chi connectivity index (χ4n) is 1.69. The molecule has 1 unspecified atom stereocenters. The number of aliphatic imine (C=N–C) groups is 1. The van der Waals surface area contributed by atoms with E-state index in [2.05, 4.69) is 20.4 Å². The third-order valence-electron chi connectivity index (χ3n) is 3.10. The van der Waals surface area contributed by atoms with Crippen molar-refractivity contribution in [2.45, 2.75) is 20.4 Å².